The Kier molecular flexibility index (Phi) is 5.01. The first kappa shape index (κ1) is 14.9. The van der Waals surface area contributed by atoms with Gasteiger partial charge in [0.25, 0.3) is 0 Å². The SMILES string of the molecule is Cc1ccc(Cl)cc1OC(=O)CCCNC(=O)C1CC1. The second-order valence-corrected chi connectivity index (χ2v) is 5.49. The lowest BCUT2D eigenvalue weighted by Crippen LogP contribution is -2.26. The minimum atomic E-state index is -0.309. The molecule has 1 amide bonds. The molecule has 1 aromatic rings. The fourth-order valence-corrected chi connectivity index (χ4v) is 1.95. The van der Waals surface area contributed by atoms with E-state index in [0.29, 0.717) is 23.7 Å². The summed E-state index contributed by atoms with van der Waals surface area (Å²) < 4.78 is 5.26. The van der Waals surface area contributed by atoms with Crippen molar-refractivity contribution in [3.8, 4) is 5.75 Å². The first-order chi connectivity index (χ1) is 9.56. The lowest BCUT2D eigenvalue weighted by Gasteiger charge is -2.08. The van der Waals surface area contributed by atoms with Crippen molar-refractivity contribution in [2.24, 2.45) is 5.92 Å². The highest BCUT2D eigenvalue weighted by Gasteiger charge is 2.28. The summed E-state index contributed by atoms with van der Waals surface area (Å²) in [6.07, 6.45) is 2.83. The predicted octanol–water partition coefficient (Wildman–Crippen LogP) is 2.86. The molecule has 0 bridgehead atoms. The Balaban J connectivity index is 1.69. The summed E-state index contributed by atoms with van der Waals surface area (Å²) in [4.78, 5) is 23.1. The summed E-state index contributed by atoms with van der Waals surface area (Å²) in [5.74, 6) is 0.487. The van der Waals surface area contributed by atoms with Gasteiger partial charge in [-0.25, -0.2) is 0 Å². The molecule has 108 valence electrons. The molecule has 2 rings (SSSR count). The molecule has 0 heterocycles. The molecule has 1 fully saturated rings. The number of carbonyl (C=O) groups is 2. The number of aryl methyl sites for hydroxylation is 1. The van der Waals surface area contributed by atoms with E-state index in [2.05, 4.69) is 5.32 Å². The van der Waals surface area contributed by atoms with Crippen LogP contribution in [0.2, 0.25) is 5.02 Å². The highest BCUT2D eigenvalue weighted by atomic mass is 35.5. The van der Waals surface area contributed by atoms with E-state index in [-0.39, 0.29) is 24.2 Å². The van der Waals surface area contributed by atoms with Crippen LogP contribution in [-0.2, 0) is 9.59 Å². The highest BCUT2D eigenvalue weighted by Crippen LogP contribution is 2.28. The van der Waals surface area contributed by atoms with Crippen molar-refractivity contribution >= 4 is 23.5 Å². The third-order valence-corrected chi connectivity index (χ3v) is 3.41. The zero-order valence-electron chi connectivity index (χ0n) is 11.4. The van der Waals surface area contributed by atoms with Crippen LogP contribution >= 0.6 is 11.6 Å². The maximum atomic E-state index is 11.7. The molecule has 0 aliphatic heterocycles. The van der Waals surface area contributed by atoms with Crippen molar-refractivity contribution < 1.29 is 14.3 Å². The molecular weight excluding hydrogens is 278 g/mol. The van der Waals surface area contributed by atoms with Gasteiger partial charge in [-0.15, -0.1) is 0 Å². The van der Waals surface area contributed by atoms with Crippen LogP contribution in [0, 0.1) is 12.8 Å². The zero-order chi connectivity index (χ0) is 14.5. The Morgan fingerprint density at radius 2 is 2.15 bits per heavy atom. The lowest BCUT2D eigenvalue weighted by molar-refractivity contribution is -0.134. The van der Waals surface area contributed by atoms with Crippen LogP contribution in [0.1, 0.15) is 31.2 Å². The average Bonchev–Trinajstić information content (AvgIpc) is 3.23. The van der Waals surface area contributed by atoms with Crippen LogP contribution in [0.25, 0.3) is 0 Å². The van der Waals surface area contributed by atoms with Gasteiger partial charge in [0.15, 0.2) is 0 Å². The quantitative estimate of drug-likeness (QED) is 0.499. The molecule has 1 aliphatic rings. The number of rotatable bonds is 6. The van der Waals surface area contributed by atoms with Crippen molar-refractivity contribution in [2.45, 2.75) is 32.6 Å². The third-order valence-electron chi connectivity index (χ3n) is 3.18. The smallest absolute Gasteiger partial charge is 0.311 e. The van der Waals surface area contributed by atoms with E-state index in [0.717, 1.165) is 18.4 Å². The minimum Gasteiger partial charge on any atom is -0.426 e. The van der Waals surface area contributed by atoms with Gasteiger partial charge in [0.2, 0.25) is 5.91 Å². The van der Waals surface area contributed by atoms with E-state index in [4.69, 9.17) is 16.3 Å². The Morgan fingerprint density at radius 3 is 2.85 bits per heavy atom. The number of hydrogen-bond donors (Lipinski definition) is 1. The standard InChI is InChI=1S/C15H18ClNO3/c1-10-4-7-12(16)9-13(10)20-14(18)3-2-8-17-15(19)11-5-6-11/h4,7,9,11H,2-3,5-6,8H2,1H3,(H,17,19). The predicted molar refractivity (Wildman–Crippen MR) is 76.8 cm³/mol. The fraction of sp³-hybridized carbons (Fsp3) is 0.467. The molecule has 0 aromatic heterocycles. The normalized spacial score (nSPS) is 13.9. The minimum absolute atomic E-state index is 0.101. The van der Waals surface area contributed by atoms with Crippen LogP contribution in [0.15, 0.2) is 18.2 Å². The van der Waals surface area contributed by atoms with Crippen molar-refractivity contribution in [3.63, 3.8) is 0 Å². The monoisotopic (exact) mass is 295 g/mol. The van der Waals surface area contributed by atoms with Gasteiger partial charge in [0.1, 0.15) is 5.75 Å². The molecule has 0 radical (unpaired) electrons. The molecule has 1 aromatic carbocycles. The van der Waals surface area contributed by atoms with Crippen LogP contribution in [-0.4, -0.2) is 18.4 Å². The molecule has 4 nitrogen and oxygen atoms in total. The lowest BCUT2D eigenvalue weighted by atomic mass is 10.2. The molecule has 1 N–H and O–H groups in total. The van der Waals surface area contributed by atoms with Gasteiger partial charge in [0, 0.05) is 23.9 Å². The third kappa shape index (κ3) is 4.53. The topological polar surface area (TPSA) is 55.4 Å². The van der Waals surface area contributed by atoms with Gasteiger partial charge in [-0.1, -0.05) is 17.7 Å². The Labute approximate surface area is 123 Å². The van der Waals surface area contributed by atoms with Gasteiger partial charge >= 0.3 is 5.97 Å². The molecular formula is C15H18ClNO3. The second kappa shape index (κ2) is 6.75. The van der Waals surface area contributed by atoms with Crippen molar-refractivity contribution in [1.82, 2.24) is 5.32 Å². The van der Waals surface area contributed by atoms with Crippen LogP contribution in [0.3, 0.4) is 0 Å². The van der Waals surface area contributed by atoms with Gasteiger partial charge in [0.05, 0.1) is 0 Å². The molecule has 0 saturated heterocycles. The van der Waals surface area contributed by atoms with E-state index in [1.807, 2.05) is 6.92 Å². The van der Waals surface area contributed by atoms with Crippen molar-refractivity contribution in [2.75, 3.05) is 6.54 Å². The maximum absolute atomic E-state index is 11.7. The van der Waals surface area contributed by atoms with E-state index in [1.165, 1.54) is 0 Å². The Bertz CT molecular complexity index is 512. The number of halogens is 1. The van der Waals surface area contributed by atoms with Crippen LogP contribution in [0.4, 0.5) is 0 Å². The van der Waals surface area contributed by atoms with Crippen molar-refractivity contribution in [1.29, 1.82) is 0 Å². The van der Waals surface area contributed by atoms with E-state index in [9.17, 15) is 9.59 Å². The number of hydrogen-bond acceptors (Lipinski definition) is 3. The Hall–Kier alpha value is -1.55. The Morgan fingerprint density at radius 1 is 1.40 bits per heavy atom. The summed E-state index contributed by atoms with van der Waals surface area (Å²) in [5.41, 5.74) is 0.866. The van der Waals surface area contributed by atoms with Crippen LogP contribution < -0.4 is 10.1 Å². The van der Waals surface area contributed by atoms with E-state index in [1.54, 1.807) is 18.2 Å². The van der Waals surface area contributed by atoms with Crippen molar-refractivity contribution in [3.05, 3.63) is 28.8 Å². The number of ether oxygens (including phenoxy) is 1. The summed E-state index contributed by atoms with van der Waals surface area (Å²) >= 11 is 5.86. The second-order valence-electron chi connectivity index (χ2n) is 5.05. The average molecular weight is 296 g/mol. The first-order valence-corrected chi connectivity index (χ1v) is 7.18. The summed E-state index contributed by atoms with van der Waals surface area (Å²) in [6.45, 7) is 2.37. The van der Waals surface area contributed by atoms with Gasteiger partial charge in [-0.05, 0) is 43.9 Å². The molecule has 0 spiro atoms. The molecule has 0 unspecified atom stereocenters. The van der Waals surface area contributed by atoms with E-state index >= 15 is 0 Å². The molecule has 1 saturated carbocycles. The van der Waals surface area contributed by atoms with Gasteiger partial charge in [-0.3, -0.25) is 9.59 Å². The largest absolute Gasteiger partial charge is 0.426 e. The number of nitrogens with one attached hydrogen (secondary N) is 1. The molecule has 20 heavy (non-hydrogen) atoms. The zero-order valence-corrected chi connectivity index (χ0v) is 12.2. The first-order valence-electron chi connectivity index (χ1n) is 6.81. The maximum Gasteiger partial charge on any atom is 0.311 e. The van der Waals surface area contributed by atoms with Gasteiger partial charge < -0.3 is 10.1 Å². The number of esters is 1. The number of benzene rings is 1. The fourth-order valence-electron chi connectivity index (χ4n) is 1.79. The van der Waals surface area contributed by atoms with Crippen LogP contribution in [0.5, 0.6) is 5.75 Å². The summed E-state index contributed by atoms with van der Waals surface area (Å²) in [5, 5.41) is 3.35. The molecule has 5 heteroatoms. The molecule has 0 atom stereocenters. The number of amides is 1. The summed E-state index contributed by atoms with van der Waals surface area (Å²) in [6, 6.07) is 5.19. The van der Waals surface area contributed by atoms with E-state index < -0.39 is 0 Å². The number of carbonyl (C=O) groups excluding carboxylic acids is 2. The summed E-state index contributed by atoms with van der Waals surface area (Å²) in [7, 11) is 0. The highest BCUT2D eigenvalue weighted by molar-refractivity contribution is 6.30. The van der Waals surface area contributed by atoms with Gasteiger partial charge in [-0.2, -0.15) is 0 Å². The molecule has 1 aliphatic carbocycles.